The first-order valence-corrected chi connectivity index (χ1v) is 12.1. The van der Waals surface area contributed by atoms with Gasteiger partial charge in [0, 0.05) is 35.1 Å². The van der Waals surface area contributed by atoms with E-state index in [2.05, 4.69) is 27.5 Å². The number of hydrogen-bond acceptors (Lipinski definition) is 8. The van der Waals surface area contributed by atoms with Crippen LogP contribution >= 0.6 is 23.2 Å². The van der Waals surface area contributed by atoms with E-state index >= 15 is 0 Å². The Balaban J connectivity index is 1.75. The fourth-order valence-corrected chi connectivity index (χ4v) is 4.73. The molecule has 1 saturated heterocycles. The van der Waals surface area contributed by atoms with E-state index in [-0.39, 0.29) is 18.0 Å². The zero-order valence-electron chi connectivity index (χ0n) is 20.2. The molecule has 3 aromatic rings. The number of aromatic nitrogens is 2. The predicted octanol–water partition coefficient (Wildman–Crippen LogP) is 4.53. The normalized spacial score (nSPS) is 17.0. The van der Waals surface area contributed by atoms with Gasteiger partial charge in [-0.3, -0.25) is 4.79 Å². The van der Waals surface area contributed by atoms with E-state index < -0.39 is 0 Å². The Kier molecular flexibility index (Phi) is 8.03. The summed E-state index contributed by atoms with van der Waals surface area (Å²) in [6.07, 6.45) is 2.99. The van der Waals surface area contributed by atoms with Crippen molar-refractivity contribution in [2.75, 3.05) is 44.6 Å². The number of carbonyl (C=O) groups is 1. The number of nitrogens with one attached hydrogen (secondary N) is 3. The van der Waals surface area contributed by atoms with Crippen LogP contribution in [0.2, 0.25) is 10.0 Å². The summed E-state index contributed by atoms with van der Waals surface area (Å²) in [6, 6.07) is 5.07. The van der Waals surface area contributed by atoms with E-state index in [4.69, 9.17) is 42.4 Å². The lowest BCUT2D eigenvalue weighted by Crippen LogP contribution is -2.45. The van der Waals surface area contributed by atoms with E-state index in [0.29, 0.717) is 64.2 Å². The fraction of sp³-hybridized carbons (Fsp3) is 0.320. The largest absolute Gasteiger partial charge is 0.495 e. The van der Waals surface area contributed by atoms with Crippen LogP contribution < -0.4 is 25.4 Å². The molecule has 0 radical (unpaired) electrons. The van der Waals surface area contributed by atoms with Gasteiger partial charge in [-0.2, -0.15) is 0 Å². The van der Waals surface area contributed by atoms with Gasteiger partial charge in [-0.25, -0.2) is 9.97 Å². The zero-order valence-corrected chi connectivity index (χ0v) is 21.7. The van der Waals surface area contributed by atoms with Crippen LogP contribution in [-0.2, 0) is 9.53 Å². The number of carbonyl (C=O) groups excluding carboxylic acids is 1. The zero-order chi connectivity index (χ0) is 25.8. The van der Waals surface area contributed by atoms with Crippen LogP contribution in [0.4, 0.5) is 11.6 Å². The number of nitrogens with zero attached hydrogens (tertiary/aromatic N) is 2. The number of benzene rings is 1. The van der Waals surface area contributed by atoms with Crippen molar-refractivity contribution in [2.45, 2.75) is 19.0 Å². The average Bonchev–Trinajstić information content (AvgIpc) is 3.30. The number of rotatable bonds is 9. The molecule has 0 saturated carbocycles. The number of fused-ring (bicyclic) bond motifs is 1. The highest BCUT2D eigenvalue weighted by Gasteiger charge is 2.29. The molecule has 0 bridgehead atoms. The van der Waals surface area contributed by atoms with Crippen molar-refractivity contribution in [2.24, 2.45) is 0 Å². The number of anilines is 2. The maximum Gasteiger partial charge on any atom is 0.243 e. The van der Waals surface area contributed by atoms with Gasteiger partial charge in [0.25, 0.3) is 0 Å². The minimum Gasteiger partial charge on any atom is -0.495 e. The number of pyridine rings is 2. The lowest BCUT2D eigenvalue weighted by Gasteiger charge is -2.21. The van der Waals surface area contributed by atoms with Gasteiger partial charge in [-0.15, -0.1) is 0 Å². The second kappa shape index (κ2) is 11.2. The molecular weight excluding hydrogens is 505 g/mol. The number of hydrogen-bond donors (Lipinski definition) is 3. The summed E-state index contributed by atoms with van der Waals surface area (Å²) in [5.74, 6) is 1.87. The van der Waals surface area contributed by atoms with Gasteiger partial charge in [0.1, 0.15) is 23.1 Å². The third-order valence-corrected chi connectivity index (χ3v) is 6.57. The van der Waals surface area contributed by atoms with Gasteiger partial charge in [0.2, 0.25) is 5.91 Å². The Bertz CT molecular complexity index is 1280. The van der Waals surface area contributed by atoms with Gasteiger partial charge < -0.3 is 30.2 Å². The van der Waals surface area contributed by atoms with Crippen LogP contribution in [0.3, 0.4) is 0 Å². The van der Waals surface area contributed by atoms with Crippen LogP contribution in [0.1, 0.15) is 6.92 Å². The summed E-state index contributed by atoms with van der Waals surface area (Å²) >= 11 is 13.3. The smallest absolute Gasteiger partial charge is 0.243 e. The molecular formula is C25H27Cl2N5O4. The number of amides is 1. The third-order valence-electron chi connectivity index (χ3n) is 5.82. The van der Waals surface area contributed by atoms with Crippen LogP contribution in [0.5, 0.6) is 11.5 Å². The van der Waals surface area contributed by atoms with E-state index in [1.165, 1.54) is 20.3 Å². The van der Waals surface area contributed by atoms with Crippen molar-refractivity contribution in [1.82, 2.24) is 15.3 Å². The highest BCUT2D eigenvalue weighted by Crippen LogP contribution is 2.46. The summed E-state index contributed by atoms with van der Waals surface area (Å²) in [4.78, 5) is 21.2. The number of halogens is 2. The molecule has 9 nitrogen and oxygen atoms in total. The van der Waals surface area contributed by atoms with Crippen molar-refractivity contribution in [1.29, 1.82) is 0 Å². The Morgan fingerprint density at radius 1 is 1.17 bits per heavy atom. The predicted molar refractivity (Wildman–Crippen MR) is 143 cm³/mol. The lowest BCUT2D eigenvalue weighted by molar-refractivity contribution is -0.117. The Morgan fingerprint density at radius 3 is 2.50 bits per heavy atom. The molecule has 1 aliphatic rings. The highest BCUT2D eigenvalue weighted by molar-refractivity contribution is 6.41. The number of ether oxygens (including phenoxy) is 3. The van der Waals surface area contributed by atoms with E-state index in [1.807, 2.05) is 19.1 Å². The van der Waals surface area contributed by atoms with Crippen molar-refractivity contribution < 1.29 is 19.0 Å². The van der Waals surface area contributed by atoms with Crippen LogP contribution in [0.25, 0.3) is 22.0 Å². The summed E-state index contributed by atoms with van der Waals surface area (Å²) in [6.45, 7) is 6.98. The third kappa shape index (κ3) is 5.13. The molecule has 3 N–H and O–H groups in total. The SMILES string of the molecule is C=CC(=O)N[C@H]1COC[C@H]1Nc1cc2c(NCC)nc(-c3c(Cl)c(OC)cc(OC)c3Cl)cc2cn1. The molecule has 4 rings (SSSR count). The molecule has 3 heterocycles. The number of methoxy groups -OCH3 is 2. The van der Waals surface area contributed by atoms with E-state index in [9.17, 15) is 4.79 Å². The standard InChI is InChI=1S/C25H27Cl2N5O4/c1-5-21(33)31-17-12-36-11-16(17)30-20-8-14-13(10-29-20)7-15(32-25(14)28-6-2)22-23(26)18(34-3)9-19(35-4)24(22)27/h5,7-10,16-17H,1,6,11-12H2,2-4H3,(H,28,32)(H,29,30)(H,31,33)/t16-,17+/m1/s1. The minimum atomic E-state index is -0.249. The first-order chi connectivity index (χ1) is 17.4. The second-order valence-corrected chi connectivity index (χ2v) is 8.82. The second-order valence-electron chi connectivity index (χ2n) is 8.07. The Morgan fingerprint density at radius 2 is 1.86 bits per heavy atom. The van der Waals surface area contributed by atoms with Gasteiger partial charge in [0.15, 0.2) is 0 Å². The van der Waals surface area contributed by atoms with Gasteiger partial charge in [0.05, 0.1) is 55.3 Å². The van der Waals surface area contributed by atoms with Crippen molar-refractivity contribution in [3.8, 4) is 22.8 Å². The summed E-state index contributed by atoms with van der Waals surface area (Å²) in [5.41, 5.74) is 1.05. The minimum absolute atomic E-state index is 0.143. The molecule has 2 aromatic heterocycles. The van der Waals surface area contributed by atoms with Gasteiger partial charge in [-0.1, -0.05) is 29.8 Å². The first-order valence-electron chi connectivity index (χ1n) is 11.3. The molecule has 1 fully saturated rings. The Labute approximate surface area is 219 Å². The maximum absolute atomic E-state index is 11.8. The maximum atomic E-state index is 11.8. The molecule has 2 atom stereocenters. The molecule has 0 unspecified atom stereocenters. The summed E-state index contributed by atoms with van der Waals surface area (Å²) in [5, 5.41) is 11.9. The van der Waals surface area contributed by atoms with E-state index in [0.717, 1.165) is 10.8 Å². The van der Waals surface area contributed by atoms with E-state index in [1.54, 1.807) is 12.3 Å². The molecule has 190 valence electrons. The van der Waals surface area contributed by atoms with Crippen molar-refractivity contribution in [3.63, 3.8) is 0 Å². The fourth-order valence-electron chi connectivity index (χ4n) is 4.04. The summed E-state index contributed by atoms with van der Waals surface area (Å²) in [7, 11) is 3.05. The topological polar surface area (TPSA) is 107 Å². The van der Waals surface area contributed by atoms with Crippen LogP contribution in [-0.4, -0.2) is 61.9 Å². The molecule has 0 aliphatic carbocycles. The molecule has 0 spiro atoms. The molecule has 11 heteroatoms. The lowest BCUT2D eigenvalue weighted by atomic mass is 10.1. The Hall–Kier alpha value is -3.27. The molecule has 1 aromatic carbocycles. The van der Waals surface area contributed by atoms with Crippen LogP contribution in [0, 0.1) is 0 Å². The monoisotopic (exact) mass is 531 g/mol. The summed E-state index contributed by atoms with van der Waals surface area (Å²) < 4.78 is 16.4. The van der Waals surface area contributed by atoms with Gasteiger partial charge in [-0.05, 0) is 25.1 Å². The molecule has 1 amide bonds. The quantitative estimate of drug-likeness (QED) is 0.345. The van der Waals surface area contributed by atoms with Crippen LogP contribution in [0.15, 0.2) is 37.1 Å². The van der Waals surface area contributed by atoms with Crippen molar-refractivity contribution in [3.05, 3.63) is 47.1 Å². The van der Waals surface area contributed by atoms with Crippen molar-refractivity contribution >= 4 is 51.5 Å². The van der Waals surface area contributed by atoms with Gasteiger partial charge >= 0.3 is 0 Å². The molecule has 36 heavy (non-hydrogen) atoms. The average molecular weight is 532 g/mol. The highest BCUT2D eigenvalue weighted by atomic mass is 35.5. The first kappa shape index (κ1) is 25.8. The molecule has 1 aliphatic heterocycles.